The molecule has 10 aromatic carbocycles. The molecule has 0 aliphatic carbocycles. The van der Waals surface area contributed by atoms with Gasteiger partial charge in [0.2, 0.25) is 0 Å². The number of hydrogen-bond donors (Lipinski definition) is 0. The van der Waals surface area contributed by atoms with Gasteiger partial charge in [-0.3, -0.25) is 0 Å². The van der Waals surface area contributed by atoms with E-state index in [9.17, 15) is 0 Å². The molecule has 4 heteroatoms. The highest BCUT2D eigenvalue weighted by molar-refractivity contribution is 6.25. The Morgan fingerprint density at radius 3 is 0.688 bits per heavy atom. The summed E-state index contributed by atoms with van der Waals surface area (Å²) in [4.78, 5) is 0. The first-order chi connectivity index (χ1) is 31.8. The molecular weight excluding hydrogens is 777 g/mol. The minimum atomic E-state index is 1.13. The Bertz CT molecular complexity index is 3870. The molecule has 0 saturated heterocycles. The molecule has 298 valence electrons. The summed E-state index contributed by atoms with van der Waals surface area (Å²) in [6, 6.07) is 84.3. The van der Waals surface area contributed by atoms with Gasteiger partial charge in [0.25, 0.3) is 0 Å². The van der Waals surface area contributed by atoms with Crippen molar-refractivity contribution in [2.45, 2.75) is 0 Å². The van der Waals surface area contributed by atoms with Crippen molar-refractivity contribution in [2.75, 3.05) is 0 Å². The summed E-state index contributed by atoms with van der Waals surface area (Å²) >= 11 is 0. The van der Waals surface area contributed by atoms with Crippen LogP contribution in [0.4, 0.5) is 0 Å². The highest BCUT2D eigenvalue weighted by atomic mass is 15.1. The number of benzene rings is 10. The Balaban J connectivity index is 0.936. The van der Waals surface area contributed by atoms with Gasteiger partial charge < -0.3 is 18.3 Å². The van der Waals surface area contributed by atoms with Crippen LogP contribution in [-0.2, 0) is 0 Å². The van der Waals surface area contributed by atoms with E-state index in [0.717, 1.165) is 22.7 Å². The first-order valence-electron chi connectivity index (χ1n) is 22.0. The van der Waals surface area contributed by atoms with Gasteiger partial charge in [-0.2, -0.15) is 0 Å². The Morgan fingerprint density at radius 1 is 0.172 bits per heavy atom. The van der Waals surface area contributed by atoms with Crippen molar-refractivity contribution < 1.29 is 0 Å². The fourth-order valence-corrected chi connectivity index (χ4v) is 10.8. The lowest BCUT2D eigenvalue weighted by molar-refractivity contribution is 1.15. The Hall–Kier alpha value is -8.60. The average molecular weight is 815 g/mol. The quantitative estimate of drug-likeness (QED) is 0.165. The largest absolute Gasteiger partial charge is 0.307 e. The van der Waals surface area contributed by atoms with E-state index in [1.54, 1.807) is 0 Å². The monoisotopic (exact) mass is 814 g/mol. The number of rotatable bonds is 5. The zero-order chi connectivity index (χ0) is 41.9. The van der Waals surface area contributed by atoms with Crippen LogP contribution in [0.15, 0.2) is 231 Å². The second-order valence-corrected chi connectivity index (χ2v) is 16.9. The molecule has 4 aromatic heterocycles. The van der Waals surface area contributed by atoms with Crippen LogP contribution in [0.2, 0.25) is 0 Å². The van der Waals surface area contributed by atoms with Crippen LogP contribution >= 0.6 is 0 Å². The van der Waals surface area contributed by atoms with Gasteiger partial charge in [0.15, 0.2) is 0 Å². The van der Waals surface area contributed by atoms with Gasteiger partial charge in [-0.1, -0.05) is 158 Å². The Kier molecular flexibility index (Phi) is 7.36. The van der Waals surface area contributed by atoms with E-state index >= 15 is 0 Å². The second-order valence-electron chi connectivity index (χ2n) is 16.9. The van der Waals surface area contributed by atoms with Gasteiger partial charge in [0.05, 0.1) is 44.1 Å². The highest BCUT2D eigenvalue weighted by Crippen LogP contribution is 2.44. The lowest BCUT2D eigenvalue weighted by Gasteiger charge is -2.14. The van der Waals surface area contributed by atoms with Gasteiger partial charge >= 0.3 is 0 Å². The molecule has 14 aromatic rings. The summed E-state index contributed by atoms with van der Waals surface area (Å²) in [6.07, 6.45) is 0. The molecule has 0 unspecified atom stereocenters. The molecule has 0 spiro atoms. The minimum absolute atomic E-state index is 1.13. The number of para-hydroxylation sites is 6. The molecule has 0 N–H and O–H groups in total. The standard InChI is InChI=1S/C60H38N4/c1-3-15-41(16-4-1)61-53-23-11-7-19-45(53)49-35-37-51-47-21-9-13-25-55(47)63(59(51)57(49)61)43-31-27-39(28-32-43)40-29-33-44(34-30-40)64-56-26-14-10-22-48(56)52-38-36-50-46-20-8-12-24-54(46)62(58(50)60(52)64)42-17-5-2-6-18-42/h1-38H. The van der Waals surface area contributed by atoms with Crippen molar-refractivity contribution >= 4 is 87.2 Å². The number of nitrogens with zero attached hydrogens (tertiary/aromatic N) is 4. The molecule has 0 aliphatic heterocycles. The van der Waals surface area contributed by atoms with Gasteiger partial charge in [0, 0.05) is 65.8 Å². The van der Waals surface area contributed by atoms with Gasteiger partial charge in [-0.05, 0) is 83.9 Å². The summed E-state index contributed by atoms with van der Waals surface area (Å²) in [7, 11) is 0. The van der Waals surface area contributed by atoms with E-state index in [0.29, 0.717) is 0 Å². The zero-order valence-corrected chi connectivity index (χ0v) is 34.7. The fraction of sp³-hybridized carbons (Fsp3) is 0. The van der Waals surface area contributed by atoms with Gasteiger partial charge in [-0.25, -0.2) is 0 Å². The average Bonchev–Trinajstić information content (AvgIpc) is 4.10. The number of hydrogen-bond acceptors (Lipinski definition) is 0. The van der Waals surface area contributed by atoms with Crippen LogP contribution in [0.3, 0.4) is 0 Å². The maximum atomic E-state index is 2.47. The fourth-order valence-electron chi connectivity index (χ4n) is 10.8. The predicted octanol–water partition coefficient (Wildman–Crippen LogP) is 15.7. The number of fused-ring (bicyclic) bond motifs is 14. The minimum Gasteiger partial charge on any atom is -0.307 e. The molecule has 0 amide bonds. The van der Waals surface area contributed by atoms with Crippen LogP contribution in [-0.4, -0.2) is 18.3 Å². The van der Waals surface area contributed by atoms with Gasteiger partial charge in [-0.15, -0.1) is 0 Å². The molecule has 64 heavy (non-hydrogen) atoms. The molecule has 0 saturated carbocycles. The summed E-state index contributed by atoms with van der Waals surface area (Å²) in [6.45, 7) is 0. The van der Waals surface area contributed by atoms with Crippen LogP contribution in [0.1, 0.15) is 0 Å². The molecule has 0 radical (unpaired) electrons. The van der Waals surface area contributed by atoms with E-state index in [2.05, 4.69) is 249 Å². The summed E-state index contributed by atoms with van der Waals surface area (Å²) in [5.74, 6) is 0. The molecule has 0 aliphatic rings. The normalized spacial score (nSPS) is 12.1. The van der Waals surface area contributed by atoms with Crippen LogP contribution in [0.25, 0.3) is 121 Å². The molecule has 4 nitrogen and oxygen atoms in total. The van der Waals surface area contributed by atoms with Crippen molar-refractivity contribution in [3.8, 4) is 33.9 Å². The van der Waals surface area contributed by atoms with Crippen LogP contribution in [0.5, 0.6) is 0 Å². The van der Waals surface area contributed by atoms with E-state index < -0.39 is 0 Å². The SMILES string of the molecule is c1ccc(-n2c3ccccc3c3ccc4c5ccccc5n(-c5ccc(-c6ccc(-n7c8ccccc8c8ccc9c%10ccccc%10n(-c%10ccccc%10)c9c87)cc6)cc5)c4c32)cc1. The highest BCUT2D eigenvalue weighted by Gasteiger charge is 2.23. The second kappa shape index (κ2) is 13.4. The van der Waals surface area contributed by atoms with E-state index in [4.69, 9.17) is 0 Å². The summed E-state index contributed by atoms with van der Waals surface area (Å²) < 4.78 is 9.83. The summed E-state index contributed by atoms with van der Waals surface area (Å²) in [5.41, 5.74) is 16.6. The molecular formula is C60H38N4. The van der Waals surface area contributed by atoms with E-state index in [1.165, 1.54) is 98.4 Å². The zero-order valence-electron chi connectivity index (χ0n) is 34.7. The van der Waals surface area contributed by atoms with Crippen molar-refractivity contribution in [1.82, 2.24) is 18.3 Å². The summed E-state index contributed by atoms with van der Waals surface area (Å²) in [5, 5.41) is 9.98. The number of aromatic nitrogens is 4. The molecule has 14 rings (SSSR count). The van der Waals surface area contributed by atoms with Crippen LogP contribution < -0.4 is 0 Å². The third-order valence-electron chi connectivity index (χ3n) is 13.6. The van der Waals surface area contributed by atoms with Crippen molar-refractivity contribution in [1.29, 1.82) is 0 Å². The molecule has 0 fully saturated rings. The van der Waals surface area contributed by atoms with E-state index in [1.807, 2.05) is 0 Å². The maximum Gasteiger partial charge on any atom is 0.0788 e. The lowest BCUT2D eigenvalue weighted by atomic mass is 10.0. The third kappa shape index (κ3) is 4.88. The molecule has 0 bridgehead atoms. The molecule has 4 heterocycles. The van der Waals surface area contributed by atoms with E-state index in [-0.39, 0.29) is 0 Å². The maximum absolute atomic E-state index is 2.47. The van der Waals surface area contributed by atoms with Crippen molar-refractivity contribution in [2.24, 2.45) is 0 Å². The lowest BCUT2D eigenvalue weighted by Crippen LogP contribution is -1.99. The smallest absolute Gasteiger partial charge is 0.0788 e. The first kappa shape index (κ1) is 35.0. The van der Waals surface area contributed by atoms with Crippen LogP contribution in [0, 0.1) is 0 Å². The van der Waals surface area contributed by atoms with Gasteiger partial charge in [0.1, 0.15) is 0 Å². The van der Waals surface area contributed by atoms with Crippen molar-refractivity contribution in [3.63, 3.8) is 0 Å². The topological polar surface area (TPSA) is 19.7 Å². The van der Waals surface area contributed by atoms with Crippen molar-refractivity contribution in [3.05, 3.63) is 231 Å². The third-order valence-corrected chi connectivity index (χ3v) is 13.6. The Morgan fingerprint density at radius 2 is 0.406 bits per heavy atom. The predicted molar refractivity (Wildman–Crippen MR) is 269 cm³/mol. The Labute approximate surface area is 368 Å². The molecule has 0 atom stereocenters. The first-order valence-corrected chi connectivity index (χ1v) is 22.0.